The lowest BCUT2D eigenvalue weighted by molar-refractivity contribution is -0.0528. The van der Waals surface area contributed by atoms with Crippen LogP contribution in [0.25, 0.3) is 0 Å². The number of allylic oxidation sites excluding steroid dienone is 1. The summed E-state index contributed by atoms with van der Waals surface area (Å²) in [7, 11) is 0. The average molecular weight is 221 g/mol. The largest absolute Gasteiger partial charge is 0.355 e. The first kappa shape index (κ1) is 13.9. The molecular weight excluding hydrogens is 200 g/mol. The van der Waals surface area contributed by atoms with Crippen LogP contribution < -0.4 is 0 Å². The van der Waals surface area contributed by atoms with E-state index in [4.69, 9.17) is 21.1 Å². The van der Waals surface area contributed by atoms with E-state index in [1.54, 1.807) is 0 Å². The van der Waals surface area contributed by atoms with E-state index in [0.717, 1.165) is 32.5 Å². The van der Waals surface area contributed by atoms with Gasteiger partial charge in [-0.05, 0) is 19.3 Å². The van der Waals surface area contributed by atoms with Crippen LogP contribution in [-0.4, -0.2) is 25.9 Å². The van der Waals surface area contributed by atoms with Crippen LogP contribution in [-0.2, 0) is 9.47 Å². The Bertz CT molecular complexity index is 126. The zero-order valence-electron chi connectivity index (χ0n) is 9.01. The molecule has 0 aliphatic heterocycles. The van der Waals surface area contributed by atoms with Crippen molar-refractivity contribution in [3.8, 4) is 0 Å². The normalized spacial score (nSPS) is 11.3. The van der Waals surface area contributed by atoms with Gasteiger partial charge in [0.1, 0.15) is 6.79 Å². The summed E-state index contributed by atoms with van der Waals surface area (Å²) in [6.07, 6.45) is 8.32. The fraction of sp³-hybridized carbons (Fsp3) is 0.818. The molecule has 0 spiro atoms. The predicted molar refractivity (Wildman–Crippen MR) is 60.8 cm³/mol. The van der Waals surface area contributed by atoms with Crippen LogP contribution in [0.1, 0.15) is 32.6 Å². The SMILES string of the molecule is CCCCOCOCCC=CCCCl. The molecule has 0 saturated carbocycles. The van der Waals surface area contributed by atoms with E-state index in [1.807, 2.05) is 0 Å². The van der Waals surface area contributed by atoms with Gasteiger partial charge in [-0.1, -0.05) is 25.5 Å². The van der Waals surface area contributed by atoms with Crippen molar-refractivity contribution in [2.45, 2.75) is 32.6 Å². The molecule has 0 aromatic carbocycles. The zero-order valence-corrected chi connectivity index (χ0v) is 9.76. The average Bonchev–Trinajstić information content (AvgIpc) is 2.21. The second-order valence-corrected chi connectivity index (χ2v) is 3.40. The van der Waals surface area contributed by atoms with Gasteiger partial charge in [0.05, 0.1) is 6.61 Å². The van der Waals surface area contributed by atoms with Crippen LogP contribution in [0, 0.1) is 0 Å². The van der Waals surface area contributed by atoms with Crippen LogP contribution >= 0.6 is 11.6 Å². The summed E-state index contributed by atoms with van der Waals surface area (Å²) in [6, 6.07) is 0. The molecule has 0 aliphatic rings. The standard InChI is InChI=1S/C11H21ClO2/c1-2-3-9-13-11-14-10-7-5-4-6-8-12/h4-5H,2-3,6-11H2,1H3. The highest BCUT2D eigenvalue weighted by Crippen LogP contribution is 1.92. The van der Waals surface area contributed by atoms with Crippen molar-refractivity contribution in [3.05, 3.63) is 12.2 Å². The van der Waals surface area contributed by atoms with E-state index in [0.29, 0.717) is 12.7 Å². The van der Waals surface area contributed by atoms with Crippen LogP contribution in [0.3, 0.4) is 0 Å². The molecule has 2 nitrogen and oxygen atoms in total. The third kappa shape index (κ3) is 11.9. The fourth-order valence-electron chi connectivity index (χ4n) is 0.873. The van der Waals surface area contributed by atoms with Gasteiger partial charge in [0, 0.05) is 12.5 Å². The molecule has 0 saturated heterocycles. The third-order valence-electron chi connectivity index (χ3n) is 1.68. The highest BCUT2D eigenvalue weighted by Gasteiger charge is 1.87. The number of hydrogen-bond acceptors (Lipinski definition) is 2. The second kappa shape index (κ2) is 12.9. The molecule has 0 unspecified atom stereocenters. The molecule has 84 valence electrons. The van der Waals surface area contributed by atoms with Crippen LogP contribution in [0.4, 0.5) is 0 Å². The van der Waals surface area contributed by atoms with Crippen molar-refractivity contribution in [2.24, 2.45) is 0 Å². The van der Waals surface area contributed by atoms with Gasteiger partial charge in [-0.25, -0.2) is 0 Å². The maximum absolute atomic E-state index is 5.51. The summed E-state index contributed by atoms with van der Waals surface area (Å²) >= 11 is 5.51. The van der Waals surface area contributed by atoms with Crippen LogP contribution in [0.5, 0.6) is 0 Å². The van der Waals surface area contributed by atoms with Crippen molar-refractivity contribution < 1.29 is 9.47 Å². The molecule has 0 aromatic heterocycles. The summed E-state index contributed by atoms with van der Waals surface area (Å²) < 4.78 is 10.5. The van der Waals surface area contributed by atoms with E-state index in [1.165, 1.54) is 6.42 Å². The zero-order chi connectivity index (χ0) is 10.5. The molecule has 0 fully saturated rings. The Morgan fingerprint density at radius 1 is 1.07 bits per heavy atom. The number of rotatable bonds is 10. The third-order valence-corrected chi connectivity index (χ3v) is 1.90. The Morgan fingerprint density at radius 2 is 1.79 bits per heavy atom. The van der Waals surface area contributed by atoms with Crippen molar-refractivity contribution in [2.75, 3.05) is 25.9 Å². The quantitative estimate of drug-likeness (QED) is 0.243. The number of halogens is 1. The van der Waals surface area contributed by atoms with Gasteiger partial charge in [-0.2, -0.15) is 0 Å². The van der Waals surface area contributed by atoms with Crippen LogP contribution in [0.15, 0.2) is 12.2 Å². The van der Waals surface area contributed by atoms with Gasteiger partial charge < -0.3 is 9.47 Å². The van der Waals surface area contributed by atoms with E-state index >= 15 is 0 Å². The first-order valence-corrected chi connectivity index (χ1v) is 5.81. The summed E-state index contributed by atoms with van der Waals surface area (Å²) in [5.41, 5.74) is 0. The van der Waals surface area contributed by atoms with Gasteiger partial charge in [0.15, 0.2) is 0 Å². The number of alkyl halides is 1. The Morgan fingerprint density at radius 3 is 2.50 bits per heavy atom. The molecule has 3 heteroatoms. The van der Waals surface area contributed by atoms with E-state index in [9.17, 15) is 0 Å². The van der Waals surface area contributed by atoms with Crippen LogP contribution in [0.2, 0.25) is 0 Å². The summed E-state index contributed by atoms with van der Waals surface area (Å²) in [4.78, 5) is 0. The monoisotopic (exact) mass is 220 g/mol. The molecule has 0 aromatic rings. The van der Waals surface area contributed by atoms with Gasteiger partial charge in [0.2, 0.25) is 0 Å². The van der Waals surface area contributed by atoms with Crippen molar-refractivity contribution in [1.82, 2.24) is 0 Å². The van der Waals surface area contributed by atoms with Gasteiger partial charge >= 0.3 is 0 Å². The lowest BCUT2D eigenvalue weighted by Crippen LogP contribution is -2.02. The minimum Gasteiger partial charge on any atom is -0.355 e. The number of hydrogen-bond donors (Lipinski definition) is 0. The predicted octanol–water partition coefficient (Wildman–Crippen LogP) is 3.35. The highest BCUT2D eigenvalue weighted by atomic mass is 35.5. The fourth-order valence-corrected chi connectivity index (χ4v) is 0.999. The van der Waals surface area contributed by atoms with E-state index in [-0.39, 0.29) is 0 Å². The molecule has 0 aliphatic carbocycles. The first-order chi connectivity index (χ1) is 6.91. The number of ether oxygens (including phenoxy) is 2. The second-order valence-electron chi connectivity index (χ2n) is 3.03. The minimum absolute atomic E-state index is 0.420. The first-order valence-electron chi connectivity index (χ1n) is 5.28. The molecule has 0 radical (unpaired) electrons. The molecule has 0 atom stereocenters. The topological polar surface area (TPSA) is 18.5 Å². The number of unbranched alkanes of at least 4 members (excludes halogenated alkanes) is 1. The van der Waals surface area contributed by atoms with E-state index < -0.39 is 0 Å². The Balaban J connectivity index is 2.91. The lowest BCUT2D eigenvalue weighted by atomic mass is 10.3. The minimum atomic E-state index is 0.420. The lowest BCUT2D eigenvalue weighted by Gasteiger charge is -2.03. The van der Waals surface area contributed by atoms with Crippen molar-refractivity contribution in [1.29, 1.82) is 0 Å². The van der Waals surface area contributed by atoms with Gasteiger partial charge in [-0.15, -0.1) is 11.6 Å². The highest BCUT2D eigenvalue weighted by molar-refractivity contribution is 6.17. The summed E-state index contributed by atoms with van der Waals surface area (Å²) in [6.45, 7) is 4.10. The molecular formula is C11H21ClO2. The molecule has 14 heavy (non-hydrogen) atoms. The molecule has 0 heterocycles. The molecule has 0 amide bonds. The summed E-state index contributed by atoms with van der Waals surface area (Å²) in [5.74, 6) is 0.692. The Labute approximate surface area is 92.2 Å². The Kier molecular flexibility index (Phi) is 12.9. The van der Waals surface area contributed by atoms with Gasteiger partial charge in [0.25, 0.3) is 0 Å². The smallest absolute Gasteiger partial charge is 0.146 e. The maximum Gasteiger partial charge on any atom is 0.146 e. The summed E-state index contributed by atoms with van der Waals surface area (Å²) in [5, 5.41) is 0. The van der Waals surface area contributed by atoms with E-state index in [2.05, 4.69) is 19.1 Å². The van der Waals surface area contributed by atoms with Crippen molar-refractivity contribution >= 4 is 11.6 Å². The van der Waals surface area contributed by atoms with Crippen molar-refractivity contribution in [3.63, 3.8) is 0 Å². The molecule has 0 N–H and O–H groups in total. The maximum atomic E-state index is 5.51. The Hall–Kier alpha value is -0.0500. The molecule has 0 rings (SSSR count). The van der Waals surface area contributed by atoms with Gasteiger partial charge in [-0.3, -0.25) is 0 Å². The molecule has 0 bridgehead atoms.